The van der Waals surface area contributed by atoms with Gasteiger partial charge in [0, 0.05) is 11.3 Å². The van der Waals surface area contributed by atoms with Gasteiger partial charge in [0.1, 0.15) is 0 Å². The van der Waals surface area contributed by atoms with Crippen LogP contribution in [0.5, 0.6) is 0 Å². The molecule has 2 aromatic carbocycles. The van der Waals surface area contributed by atoms with Gasteiger partial charge in [-0.2, -0.15) is 0 Å². The Morgan fingerprint density at radius 3 is 2.65 bits per heavy atom. The Kier molecular flexibility index (Phi) is 4.05. The van der Waals surface area contributed by atoms with Gasteiger partial charge in [-0.25, -0.2) is 4.79 Å². The van der Waals surface area contributed by atoms with Crippen LogP contribution in [0.2, 0.25) is 10.0 Å². The molecule has 0 saturated heterocycles. The fraction of sp³-hybridized carbons (Fsp3) is 0.200. The Bertz CT molecular complexity index is 983. The molecule has 0 spiro atoms. The van der Waals surface area contributed by atoms with Crippen LogP contribution in [0.15, 0.2) is 53.7 Å². The molecule has 1 aliphatic heterocycles. The molecule has 132 valence electrons. The number of rotatable bonds is 2. The lowest BCUT2D eigenvalue weighted by atomic mass is 9.68. The van der Waals surface area contributed by atoms with Crippen molar-refractivity contribution in [3.8, 4) is 0 Å². The van der Waals surface area contributed by atoms with Crippen LogP contribution in [-0.2, 0) is 14.9 Å². The maximum atomic E-state index is 12.6. The molecule has 4 nitrogen and oxygen atoms in total. The van der Waals surface area contributed by atoms with Crippen LogP contribution in [0.25, 0.3) is 0 Å². The highest BCUT2D eigenvalue weighted by Crippen LogP contribution is 2.52. The van der Waals surface area contributed by atoms with Crippen LogP contribution in [-0.4, -0.2) is 19.0 Å². The van der Waals surface area contributed by atoms with Crippen molar-refractivity contribution >= 4 is 35.1 Å². The first-order chi connectivity index (χ1) is 12.5. The minimum Gasteiger partial charge on any atom is -0.466 e. The first kappa shape index (κ1) is 17.1. The number of benzene rings is 2. The molecule has 1 atom stereocenters. The number of amides is 1. The van der Waals surface area contributed by atoms with Crippen molar-refractivity contribution in [2.75, 3.05) is 7.11 Å². The third-order valence-electron chi connectivity index (χ3n) is 5.19. The summed E-state index contributed by atoms with van der Waals surface area (Å²) in [6, 6.07) is 12.9. The number of ether oxygens (including phenoxy) is 1. The molecule has 1 N–H and O–H groups in total. The minimum atomic E-state index is -0.664. The number of carbonyl (C=O) groups excluding carboxylic acids is 2. The van der Waals surface area contributed by atoms with E-state index in [2.05, 4.69) is 5.32 Å². The highest BCUT2D eigenvalue weighted by Gasteiger charge is 2.50. The molecular formula is C20H15Cl2NO3. The summed E-state index contributed by atoms with van der Waals surface area (Å²) >= 11 is 12.4. The molecule has 2 aromatic rings. The van der Waals surface area contributed by atoms with Gasteiger partial charge in [-0.05, 0) is 42.2 Å². The summed E-state index contributed by atoms with van der Waals surface area (Å²) in [4.78, 5) is 24.9. The number of carbonyl (C=O) groups is 2. The molecule has 0 saturated carbocycles. The summed E-state index contributed by atoms with van der Waals surface area (Å²) in [6.45, 7) is 0. The molecule has 1 aliphatic carbocycles. The van der Waals surface area contributed by atoms with Crippen LogP contribution >= 0.6 is 23.2 Å². The van der Waals surface area contributed by atoms with Crippen molar-refractivity contribution in [1.29, 1.82) is 0 Å². The van der Waals surface area contributed by atoms with E-state index in [1.165, 1.54) is 7.11 Å². The number of hydrogen-bond acceptors (Lipinski definition) is 3. The van der Waals surface area contributed by atoms with E-state index in [0.717, 1.165) is 11.1 Å². The lowest BCUT2D eigenvalue weighted by molar-refractivity contribution is -0.136. The molecule has 1 unspecified atom stereocenters. The first-order valence-corrected chi connectivity index (χ1v) is 8.93. The van der Waals surface area contributed by atoms with Crippen molar-refractivity contribution < 1.29 is 14.3 Å². The summed E-state index contributed by atoms with van der Waals surface area (Å²) in [7, 11) is 1.34. The Morgan fingerprint density at radius 1 is 1.15 bits per heavy atom. The fourth-order valence-electron chi connectivity index (χ4n) is 4.04. The Balaban J connectivity index is 2.05. The SMILES string of the molecule is COC(=O)C1=C2NC(=O)c3ccccc3C2(c2ccc(Cl)c(Cl)c2)CC1. The van der Waals surface area contributed by atoms with Gasteiger partial charge < -0.3 is 10.1 Å². The monoisotopic (exact) mass is 387 g/mol. The van der Waals surface area contributed by atoms with E-state index in [-0.39, 0.29) is 5.91 Å². The summed E-state index contributed by atoms with van der Waals surface area (Å²) < 4.78 is 4.93. The zero-order valence-corrected chi connectivity index (χ0v) is 15.4. The number of nitrogens with one attached hydrogen (secondary N) is 1. The second kappa shape index (κ2) is 6.15. The quantitative estimate of drug-likeness (QED) is 0.783. The smallest absolute Gasteiger partial charge is 0.335 e. The van der Waals surface area contributed by atoms with E-state index in [1.807, 2.05) is 24.3 Å². The second-order valence-electron chi connectivity index (χ2n) is 6.38. The first-order valence-electron chi connectivity index (χ1n) is 8.17. The summed E-state index contributed by atoms with van der Waals surface area (Å²) in [5.74, 6) is -0.656. The molecule has 1 heterocycles. The molecule has 0 radical (unpaired) electrons. The largest absolute Gasteiger partial charge is 0.466 e. The van der Waals surface area contributed by atoms with Crippen molar-refractivity contribution in [2.45, 2.75) is 18.3 Å². The molecule has 4 rings (SSSR count). The molecular weight excluding hydrogens is 373 g/mol. The Labute approximate surface area is 160 Å². The molecule has 1 amide bonds. The number of hydrogen-bond donors (Lipinski definition) is 1. The van der Waals surface area contributed by atoms with Crippen LogP contribution in [0.4, 0.5) is 0 Å². The standard InChI is InChI=1S/C20H15Cl2NO3/c1-26-19(25)13-8-9-20(11-6-7-15(21)16(22)10-11)14-5-3-2-4-12(14)18(24)23-17(13)20/h2-7,10H,8-9H2,1H3,(H,23,24). The van der Waals surface area contributed by atoms with Crippen LogP contribution < -0.4 is 5.32 Å². The predicted octanol–water partition coefficient (Wildman–Crippen LogP) is 4.24. The van der Waals surface area contributed by atoms with Gasteiger partial charge >= 0.3 is 5.97 Å². The normalized spacial score (nSPS) is 21.1. The van der Waals surface area contributed by atoms with Gasteiger partial charge in [0.25, 0.3) is 5.91 Å². The van der Waals surface area contributed by atoms with E-state index < -0.39 is 11.4 Å². The topological polar surface area (TPSA) is 55.4 Å². The molecule has 0 aromatic heterocycles. The maximum absolute atomic E-state index is 12.6. The number of methoxy groups -OCH3 is 1. The average molecular weight is 388 g/mol. The van der Waals surface area contributed by atoms with Gasteiger partial charge in [0.05, 0.1) is 28.1 Å². The predicted molar refractivity (Wildman–Crippen MR) is 99.4 cm³/mol. The van der Waals surface area contributed by atoms with Gasteiger partial charge in [-0.3, -0.25) is 4.79 Å². The number of esters is 1. The lowest BCUT2D eigenvalue weighted by Crippen LogP contribution is -2.44. The van der Waals surface area contributed by atoms with E-state index in [1.54, 1.807) is 18.2 Å². The average Bonchev–Trinajstić information content (AvgIpc) is 3.04. The molecule has 0 fully saturated rings. The van der Waals surface area contributed by atoms with Gasteiger partial charge in [0.15, 0.2) is 0 Å². The van der Waals surface area contributed by atoms with Crippen molar-refractivity contribution in [1.82, 2.24) is 5.32 Å². The van der Waals surface area contributed by atoms with Crippen molar-refractivity contribution in [3.05, 3.63) is 80.5 Å². The number of allylic oxidation sites excluding steroid dienone is 1. The van der Waals surface area contributed by atoms with Crippen LogP contribution in [0, 0.1) is 0 Å². The molecule has 6 heteroatoms. The zero-order chi connectivity index (χ0) is 18.5. The summed E-state index contributed by atoms with van der Waals surface area (Å²) in [5, 5.41) is 3.82. The summed E-state index contributed by atoms with van der Waals surface area (Å²) in [6.07, 6.45) is 1.12. The lowest BCUT2D eigenvalue weighted by Gasteiger charge is -2.39. The number of halogens is 2. The third-order valence-corrected chi connectivity index (χ3v) is 5.93. The van der Waals surface area contributed by atoms with E-state index in [0.29, 0.717) is 39.7 Å². The van der Waals surface area contributed by atoms with E-state index in [4.69, 9.17) is 27.9 Å². The van der Waals surface area contributed by atoms with Gasteiger partial charge in [-0.1, -0.05) is 47.5 Å². The van der Waals surface area contributed by atoms with Crippen molar-refractivity contribution in [2.24, 2.45) is 0 Å². The Hall–Kier alpha value is -2.30. The summed E-state index contributed by atoms with van der Waals surface area (Å²) in [5.41, 5.74) is 2.73. The fourth-order valence-corrected chi connectivity index (χ4v) is 4.34. The molecule has 2 aliphatic rings. The highest BCUT2D eigenvalue weighted by atomic mass is 35.5. The zero-order valence-electron chi connectivity index (χ0n) is 13.9. The second-order valence-corrected chi connectivity index (χ2v) is 7.19. The molecule has 26 heavy (non-hydrogen) atoms. The Morgan fingerprint density at radius 2 is 1.92 bits per heavy atom. The third kappa shape index (κ3) is 2.29. The minimum absolute atomic E-state index is 0.227. The number of fused-ring (bicyclic) bond motifs is 3. The van der Waals surface area contributed by atoms with Gasteiger partial charge in [-0.15, -0.1) is 0 Å². The highest BCUT2D eigenvalue weighted by molar-refractivity contribution is 6.42. The van der Waals surface area contributed by atoms with E-state index in [9.17, 15) is 9.59 Å². The maximum Gasteiger partial charge on any atom is 0.335 e. The van der Waals surface area contributed by atoms with Crippen molar-refractivity contribution in [3.63, 3.8) is 0 Å². The molecule has 0 bridgehead atoms. The van der Waals surface area contributed by atoms with Gasteiger partial charge in [0.2, 0.25) is 0 Å². The van der Waals surface area contributed by atoms with E-state index >= 15 is 0 Å². The van der Waals surface area contributed by atoms with Crippen LogP contribution in [0.3, 0.4) is 0 Å². The van der Waals surface area contributed by atoms with Crippen LogP contribution in [0.1, 0.15) is 34.3 Å².